The van der Waals surface area contributed by atoms with Gasteiger partial charge in [-0.15, -0.1) is 0 Å². The van der Waals surface area contributed by atoms with Gasteiger partial charge in [0.05, 0.1) is 5.69 Å². The first-order chi connectivity index (χ1) is 13.4. The zero-order chi connectivity index (χ0) is 18.1. The topological polar surface area (TPSA) is 12.0 Å². The lowest BCUT2D eigenvalue weighted by atomic mass is 10.1. The third kappa shape index (κ3) is 3.24. The monoisotopic (exact) mass is 365 g/mol. The van der Waals surface area contributed by atoms with Gasteiger partial charge in [0.1, 0.15) is 5.37 Å². The lowest BCUT2D eigenvalue weighted by Gasteiger charge is -2.11. The summed E-state index contributed by atoms with van der Waals surface area (Å²) >= 11 is 1.89. The van der Waals surface area contributed by atoms with Gasteiger partial charge in [0, 0.05) is 10.3 Å². The Morgan fingerprint density at radius 1 is 0.667 bits per heavy atom. The van der Waals surface area contributed by atoms with Crippen LogP contribution in [-0.2, 0) is 0 Å². The number of anilines is 1. The first-order valence-electron chi connectivity index (χ1n) is 9.15. The minimum absolute atomic E-state index is 0.262. The number of hydrogen-bond donors (Lipinski definition) is 1. The highest BCUT2D eigenvalue weighted by Crippen LogP contribution is 2.49. The van der Waals surface area contributed by atoms with Crippen LogP contribution in [0.2, 0.25) is 0 Å². The summed E-state index contributed by atoms with van der Waals surface area (Å²) < 4.78 is 0. The third-order valence-corrected chi connectivity index (χ3v) is 6.14. The molecule has 1 unspecified atom stereocenters. The van der Waals surface area contributed by atoms with Crippen LogP contribution < -0.4 is 5.32 Å². The molecule has 0 radical (unpaired) electrons. The summed E-state index contributed by atoms with van der Waals surface area (Å²) in [6.45, 7) is 0. The van der Waals surface area contributed by atoms with Gasteiger partial charge in [0.25, 0.3) is 0 Å². The van der Waals surface area contributed by atoms with Crippen molar-refractivity contribution in [3.05, 3.63) is 108 Å². The Balaban J connectivity index is 1.37. The normalized spacial score (nSPS) is 15.8. The van der Waals surface area contributed by atoms with Gasteiger partial charge in [-0.25, -0.2) is 0 Å². The van der Waals surface area contributed by atoms with E-state index in [0.717, 1.165) is 0 Å². The fourth-order valence-electron chi connectivity index (χ4n) is 3.48. The predicted octanol–water partition coefficient (Wildman–Crippen LogP) is 7.23. The lowest BCUT2D eigenvalue weighted by molar-refractivity contribution is 1.14. The van der Waals surface area contributed by atoms with E-state index in [1.54, 1.807) is 0 Å². The summed E-state index contributed by atoms with van der Waals surface area (Å²) in [4.78, 5) is 1.33. The molecule has 27 heavy (non-hydrogen) atoms. The minimum atomic E-state index is 0.262. The van der Waals surface area contributed by atoms with E-state index in [1.807, 2.05) is 17.8 Å². The highest BCUT2D eigenvalue weighted by atomic mass is 32.2. The molecule has 0 fully saturated rings. The van der Waals surface area contributed by atoms with Crippen molar-refractivity contribution in [1.82, 2.24) is 0 Å². The van der Waals surface area contributed by atoms with Crippen LogP contribution in [0.15, 0.2) is 95.9 Å². The number of hydrogen-bond acceptors (Lipinski definition) is 2. The van der Waals surface area contributed by atoms with Crippen LogP contribution in [0.5, 0.6) is 0 Å². The quantitative estimate of drug-likeness (QED) is 0.384. The summed E-state index contributed by atoms with van der Waals surface area (Å²) in [7, 11) is 0. The maximum absolute atomic E-state index is 3.72. The Morgan fingerprint density at radius 2 is 1.37 bits per heavy atom. The van der Waals surface area contributed by atoms with Gasteiger partial charge >= 0.3 is 0 Å². The molecule has 130 valence electrons. The van der Waals surface area contributed by atoms with Crippen molar-refractivity contribution < 1.29 is 0 Å². The molecule has 2 heteroatoms. The van der Waals surface area contributed by atoms with Crippen molar-refractivity contribution in [1.29, 1.82) is 0 Å². The minimum Gasteiger partial charge on any atom is -0.368 e. The molecule has 1 nitrogen and oxygen atoms in total. The second-order valence-corrected chi connectivity index (χ2v) is 7.86. The molecular formula is C25H19NS. The predicted molar refractivity (Wildman–Crippen MR) is 118 cm³/mol. The van der Waals surface area contributed by atoms with Gasteiger partial charge in [-0.1, -0.05) is 109 Å². The number of nitrogens with one attached hydrogen (secondary N) is 1. The van der Waals surface area contributed by atoms with E-state index in [9.17, 15) is 0 Å². The van der Waals surface area contributed by atoms with Crippen LogP contribution in [0, 0.1) is 0 Å². The highest BCUT2D eigenvalue weighted by Gasteiger charge is 2.24. The summed E-state index contributed by atoms with van der Waals surface area (Å²) in [5.41, 5.74) is 5.00. The summed E-state index contributed by atoms with van der Waals surface area (Å²) in [6, 6.07) is 32.2. The average Bonchev–Trinajstić information content (AvgIpc) is 3.18. The number of benzene rings is 4. The van der Waals surface area contributed by atoms with Gasteiger partial charge in [-0.2, -0.15) is 0 Å². The molecule has 5 rings (SSSR count). The van der Waals surface area contributed by atoms with Crippen LogP contribution in [0.3, 0.4) is 0 Å². The Hall–Kier alpha value is -2.97. The van der Waals surface area contributed by atoms with E-state index in [1.165, 1.54) is 38.0 Å². The van der Waals surface area contributed by atoms with E-state index in [-0.39, 0.29) is 5.37 Å². The van der Waals surface area contributed by atoms with Crippen molar-refractivity contribution in [2.45, 2.75) is 10.3 Å². The SMILES string of the molecule is C(=Cc1ccc(C2Nc3c(ccc4ccccc34)S2)cc1)c1ccccc1. The van der Waals surface area contributed by atoms with Crippen LogP contribution in [-0.4, -0.2) is 0 Å². The number of fused-ring (bicyclic) bond motifs is 3. The van der Waals surface area contributed by atoms with Crippen LogP contribution in [0.4, 0.5) is 5.69 Å². The molecule has 0 aromatic heterocycles. The first-order valence-corrected chi connectivity index (χ1v) is 10.0. The van der Waals surface area contributed by atoms with Crippen LogP contribution >= 0.6 is 11.8 Å². The zero-order valence-corrected chi connectivity index (χ0v) is 15.6. The van der Waals surface area contributed by atoms with Gasteiger partial charge < -0.3 is 5.32 Å². The Morgan fingerprint density at radius 3 is 2.19 bits per heavy atom. The highest BCUT2D eigenvalue weighted by molar-refractivity contribution is 8.00. The standard InChI is InChI=1S/C25H19NS/c1-2-6-18(7-3-1)10-11-19-12-14-21(15-13-19)25-26-24-22-9-5-4-8-20(22)16-17-23(24)27-25/h1-17,25-26H. The number of rotatable bonds is 3. The van der Waals surface area contributed by atoms with Crippen molar-refractivity contribution in [2.24, 2.45) is 0 Å². The Labute approximate surface area is 163 Å². The molecular weight excluding hydrogens is 346 g/mol. The Kier molecular flexibility index (Phi) is 4.19. The van der Waals surface area contributed by atoms with E-state index in [2.05, 4.69) is 102 Å². The van der Waals surface area contributed by atoms with E-state index >= 15 is 0 Å². The summed E-state index contributed by atoms with van der Waals surface area (Å²) in [6.07, 6.45) is 4.32. The maximum atomic E-state index is 3.72. The number of thioether (sulfide) groups is 1. The smallest absolute Gasteiger partial charge is 0.103 e. The van der Waals surface area contributed by atoms with Crippen LogP contribution in [0.25, 0.3) is 22.9 Å². The summed E-state index contributed by atoms with van der Waals surface area (Å²) in [5.74, 6) is 0. The molecule has 0 saturated heterocycles. The molecule has 1 heterocycles. The second-order valence-electron chi connectivity index (χ2n) is 6.71. The fourth-order valence-corrected chi connectivity index (χ4v) is 4.63. The van der Waals surface area contributed by atoms with E-state index in [0.29, 0.717) is 0 Å². The van der Waals surface area contributed by atoms with Crippen molar-refractivity contribution in [3.8, 4) is 0 Å². The molecule has 1 atom stereocenters. The molecule has 1 aliphatic rings. The molecule has 0 bridgehead atoms. The van der Waals surface area contributed by atoms with Gasteiger partial charge in [-0.05, 0) is 28.1 Å². The molecule has 4 aromatic carbocycles. The maximum Gasteiger partial charge on any atom is 0.103 e. The molecule has 0 saturated carbocycles. The fraction of sp³-hybridized carbons (Fsp3) is 0.0400. The molecule has 4 aromatic rings. The Bertz CT molecular complexity index is 1110. The third-order valence-electron chi connectivity index (χ3n) is 4.92. The summed E-state index contributed by atoms with van der Waals surface area (Å²) in [5, 5.41) is 6.56. The first kappa shape index (κ1) is 16.2. The van der Waals surface area contributed by atoms with Crippen molar-refractivity contribution >= 4 is 40.4 Å². The van der Waals surface area contributed by atoms with E-state index < -0.39 is 0 Å². The van der Waals surface area contributed by atoms with Crippen LogP contribution in [0.1, 0.15) is 22.1 Å². The molecule has 0 spiro atoms. The lowest BCUT2D eigenvalue weighted by Crippen LogP contribution is -2.01. The van der Waals surface area contributed by atoms with Gasteiger partial charge in [-0.3, -0.25) is 0 Å². The van der Waals surface area contributed by atoms with E-state index in [4.69, 9.17) is 0 Å². The molecule has 0 amide bonds. The molecule has 1 aliphatic heterocycles. The average molecular weight is 366 g/mol. The molecule has 1 N–H and O–H groups in total. The van der Waals surface area contributed by atoms with Crippen molar-refractivity contribution in [2.75, 3.05) is 5.32 Å². The molecule has 0 aliphatic carbocycles. The van der Waals surface area contributed by atoms with Crippen molar-refractivity contribution in [3.63, 3.8) is 0 Å². The van der Waals surface area contributed by atoms with Gasteiger partial charge in [0.2, 0.25) is 0 Å². The largest absolute Gasteiger partial charge is 0.368 e. The zero-order valence-electron chi connectivity index (χ0n) is 14.8. The second kappa shape index (κ2) is 6.98. The van der Waals surface area contributed by atoms with Gasteiger partial charge in [0.15, 0.2) is 0 Å².